The van der Waals surface area contributed by atoms with Crippen molar-refractivity contribution in [1.29, 1.82) is 0 Å². The molecule has 0 aromatic carbocycles. The summed E-state index contributed by atoms with van der Waals surface area (Å²) in [4.78, 5) is 5.64. The highest BCUT2D eigenvalue weighted by Gasteiger charge is 2.10. The Kier molecular flexibility index (Phi) is 4.61. The van der Waals surface area contributed by atoms with Gasteiger partial charge in [0.15, 0.2) is 0 Å². The van der Waals surface area contributed by atoms with Crippen LogP contribution in [-0.4, -0.2) is 25.0 Å². The van der Waals surface area contributed by atoms with E-state index in [1.54, 1.807) is 25.4 Å². The molecule has 0 fully saturated rings. The van der Waals surface area contributed by atoms with Crippen LogP contribution in [0.5, 0.6) is 0 Å². The van der Waals surface area contributed by atoms with Gasteiger partial charge in [0.2, 0.25) is 0 Å². The predicted octanol–water partition coefficient (Wildman–Crippen LogP) is 2.19. The molecule has 0 bridgehead atoms. The summed E-state index contributed by atoms with van der Waals surface area (Å²) in [5.41, 5.74) is 7.27. The monoisotopic (exact) mass is 229 g/mol. The van der Waals surface area contributed by atoms with Crippen LogP contribution in [0.25, 0.3) is 0 Å². The van der Waals surface area contributed by atoms with Crippen molar-refractivity contribution in [1.82, 2.24) is 4.98 Å². The first kappa shape index (κ1) is 12.8. The molecular weight excluding hydrogens is 212 g/mol. The van der Waals surface area contributed by atoms with Gasteiger partial charge in [0, 0.05) is 13.1 Å². The van der Waals surface area contributed by atoms with E-state index in [0.29, 0.717) is 5.69 Å². The number of pyridine rings is 1. The minimum atomic E-state index is -2.34. The molecule has 1 unspecified atom stereocenters. The molecule has 1 aromatic rings. The average molecular weight is 229 g/mol. The zero-order chi connectivity index (χ0) is 12.1. The average Bonchev–Trinajstić information content (AvgIpc) is 2.27. The quantitative estimate of drug-likeness (QED) is 0.841. The van der Waals surface area contributed by atoms with Crippen molar-refractivity contribution in [3.05, 3.63) is 24.0 Å². The molecule has 0 spiro atoms. The number of anilines is 1. The van der Waals surface area contributed by atoms with Gasteiger partial charge in [0.05, 0.1) is 24.1 Å². The SMILES string of the molecule is CCC(N)c1ccc(N(C)CC(F)F)cn1. The maximum atomic E-state index is 12.2. The van der Waals surface area contributed by atoms with E-state index in [-0.39, 0.29) is 12.6 Å². The predicted molar refractivity (Wildman–Crippen MR) is 60.7 cm³/mol. The second kappa shape index (κ2) is 5.75. The van der Waals surface area contributed by atoms with E-state index in [4.69, 9.17) is 5.73 Å². The molecule has 0 saturated heterocycles. The summed E-state index contributed by atoms with van der Waals surface area (Å²) >= 11 is 0. The minimum Gasteiger partial charge on any atom is -0.368 e. The van der Waals surface area contributed by atoms with E-state index < -0.39 is 6.43 Å². The van der Waals surface area contributed by atoms with E-state index in [0.717, 1.165) is 12.1 Å². The molecule has 0 saturated carbocycles. The Morgan fingerprint density at radius 1 is 1.44 bits per heavy atom. The van der Waals surface area contributed by atoms with Gasteiger partial charge in [-0.3, -0.25) is 4.98 Å². The number of halogens is 2. The molecule has 0 aliphatic heterocycles. The third-order valence-electron chi connectivity index (χ3n) is 2.44. The molecule has 3 nitrogen and oxygen atoms in total. The standard InChI is InChI=1S/C11H17F2N3/c1-3-9(14)10-5-4-8(6-15-10)16(2)7-11(12)13/h4-6,9,11H,3,7,14H2,1-2H3. The first-order chi connectivity index (χ1) is 7.54. The molecule has 16 heavy (non-hydrogen) atoms. The van der Waals surface area contributed by atoms with Crippen LogP contribution in [0, 0.1) is 0 Å². The van der Waals surface area contributed by atoms with Crippen molar-refractivity contribution >= 4 is 5.69 Å². The van der Waals surface area contributed by atoms with Gasteiger partial charge in [-0.1, -0.05) is 6.92 Å². The molecule has 0 aliphatic carbocycles. The van der Waals surface area contributed by atoms with E-state index in [1.807, 2.05) is 6.92 Å². The molecular formula is C11H17F2N3. The molecule has 0 amide bonds. The van der Waals surface area contributed by atoms with Gasteiger partial charge in [-0.2, -0.15) is 0 Å². The molecule has 1 aromatic heterocycles. The molecule has 0 radical (unpaired) electrons. The van der Waals surface area contributed by atoms with Crippen LogP contribution >= 0.6 is 0 Å². The largest absolute Gasteiger partial charge is 0.368 e. The van der Waals surface area contributed by atoms with Gasteiger partial charge in [-0.25, -0.2) is 8.78 Å². The molecule has 1 heterocycles. The number of aromatic nitrogens is 1. The van der Waals surface area contributed by atoms with Crippen LogP contribution in [0.2, 0.25) is 0 Å². The number of hydrogen-bond acceptors (Lipinski definition) is 3. The third-order valence-corrected chi connectivity index (χ3v) is 2.44. The fourth-order valence-corrected chi connectivity index (χ4v) is 1.36. The zero-order valence-electron chi connectivity index (χ0n) is 9.53. The van der Waals surface area contributed by atoms with Crippen molar-refractivity contribution in [2.24, 2.45) is 5.73 Å². The number of alkyl halides is 2. The third kappa shape index (κ3) is 3.41. The highest BCUT2D eigenvalue weighted by molar-refractivity contribution is 5.43. The highest BCUT2D eigenvalue weighted by atomic mass is 19.3. The van der Waals surface area contributed by atoms with Crippen molar-refractivity contribution in [3.63, 3.8) is 0 Å². The van der Waals surface area contributed by atoms with Gasteiger partial charge in [0.25, 0.3) is 6.43 Å². The van der Waals surface area contributed by atoms with Crippen LogP contribution in [0.15, 0.2) is 18.3 Å². The van der Waals surface area contributed by atoms with Crippen molar-refractivity contribution in [2.75, 3.05) is 18.5 Å². The summed E-state index contributed by atoms with van der Waals surface area (Å²) in [6, 6.07) is 3.46. The molecule has 90 valence electrons. The number of hydrogen-bond donors (Lipinski definition) is 1. The number of nitrogens with two attached hydrogens (primary N) is 1. The van der Waals surface area contributed by atoms with Gasteiger partial charge < -0.3 is 10.6 Å². The number of rotatable bonds is 5. The Morgan fingerprint density at radius 2 is 2.12 bits per heavy atom. The lowest BCUT2D eigenvalue weighted by molar-refractivity contribution is 0.156. The van der Waals surface area contributed by atoms with Crippen molar-refractivity contribution < 1.29 is 8.78 Å². The van der Waals surface area contributed by atoms with E-state index in [9.17, 15) is 8.78 Å². The maximum Gasteiger partial charge on any atom is 0.255 e. The van der Waals surface area contributed by atoms with Crippen LogP contribution in [0.3, 0.4) is 0 Å². The van der Waals surface area contributed by atoms with Crippen LogP contribution < -0.4 is 10.6 Å². The molecule has 0 aliphatic rings. The highest BCUT2D eigenvalue weighted by Crippen LogP contribution is 2.16. The summed E-state index contributed by atoms with van der Waals surface area (Å²) in [6.45, 7) is 1.68. The lowest BCUT2D eigenvalue weighted by Gasteiger charge is -2.19. The van der Waals surface area contributed by atoms with Gasteiger partial charge >= 0.3 is 0 Å². The van der Waals surface area contributed by atoms with Crippen LogP contribution in [0.4, 0.5) is 14.5 Å². The Bertz CT molecular complexity index is 314. The van der Waals surface area contributed by atoms with E-state index >= 15 is 0 Å². The normalized spacial score (nSPS) is 12.9. The summed E-state index contributed by atoms with van der Waals surface area (Å²) in [6.07, 6.45) is 0.0366. The molecule has 5 heteroatoms. The summed E-state index contributed by atoms with van der Waals surface area (Å²) in [5.74, 6) is 0. The van der Waals surface area contributed by atoms with Crippen LogP contribution in [-0.2, 0) is 0 Å². The van der Waals surface area contributed by atoms with Crippen molar-refractivity contribution in [2.45, 2.75) is 25.8 Å². The summed E-state index contributed by atoms with van der Waals surface area (Å²) in [7, 11) is 1.61. The first-order valence-corrected chi connectivity index (χ1v) is 5.25. The smallest absolute Gasteiger partial charge is 0.255 e. The van der Waals surface area contributed by atoms with E-state index in [2.05, 4.69) is 4.98 Å². The second-order valence-corrected chi connectivity index (χ2v) is 3.73. The minimum absolute atomic E-state index is 0.0885. The fourth-order valence-electron chi connectivity index (χ4n) is 1.36. The maximum absolute atomic E-state index is 12.2. The first-order valence-electron chi connectivity index (χ1n) is 5.25. The lowest BCUT2D eigenvalue weighted by Crippen LogP contribution is -2.24. The fraction of sp³-hybridized carbons (Fsp3) is 0.545. The van der Waals surface area contributed by atoms with Gasteiger partial charge in [-0.05, 0) is 18.6 Å². The Hall–Kier alpha value is -1.23. The molecule has 1 atom stereocenters. The summed E-state index contributed by atoms with van der Waals surface area (Å²) < 4.78 is 24.3. The summed E-state index contributed by atoms with van der Waals surface area (Å²) in [5, 5.41) is 0. The number of nitrogens with zero attached hydrogens (tertiary/aromatic N) is 2. The Labute approximate surface area is 94.3 Å². The lowest BCUT2D eigenvalue weighted by atomic mass is 10.1. The molecule has 2 N–H and O–H groups in total. The Balaban J connectivity index is 2.70. The van der Waals surface area contributed by atoms with Gasteiger partial charge in [-0.15, -0.1) is 0 Å². The van der Waals surface area contributed by atoms with Crippen molar-refractivity contribution in [3.8, 4) is 0 Å². The molecule has 1 rings (SSSR count). The van der Waals surface area contributed by atoms with E-state index in [1.165, 1.54) is 4.90 Å². The van der Waals surface area contributed by atoms with Gasteiger partial charge in [0.1, 0.15) is 0 Å². The Morgan fingerprint density at radius 3 is 2.56 bits per heavy atom. The van der Waals surface area contributed by atoms with Crippen LogP contribution in [0.1, 0.15) is 25.1 Å². The zero-order valence-corrected chi connectivity index (χ0v) is 9.53. The topological polar surface area (TPSA) is 42.1 Å². The second-order valence-electron chi connectivity index (χ2n) is 3.73.